The Morgan fingerprint density at radius 2 is 1.79 bits per heavy atom. The Bertz CT molecular complexity index is 263. The molecule has 0 spiro atoms. The fraction of sp³-hybridized carbons (Fsp3) is 0.538. The number of hydrogen-bond acceptors (Lipinski definition) is 1. The largest absolute Gasteiger partial charge is 0.393 e. The van der Waals surface area contributed by atoms with Crippen molar-refractivity contribution in [2.45, 2.75) is 39.7 Å². The average molecular weight is 192 g/mol. The number of benzene rings is 1. The molecule has 0 amide bonds. The molecule has 0 aromatic heterocycles. The highest BCUT2D eigenvalue weighted by Gasteiger charge is 2.12. The van der Waals surface area contributed by atoms with E-state index in [9.17, 15) is 5.11 Å². The minimum absolute atomic E-state index is 0.206. The molecule has 2 unspecified atom stereocenters. The number of aliphatic hydroxyl groups excluding tert-OH is 1. The van der Waals surface area contributed by atoms with E-state index in [4.69, 9.17) is 0 Å². The van der Waals surface area contributed by atoms with Crippen LogP contribution in [0.1, 0.15) is 31.4 Å². The van der Waals surface area contributed by atoms with Gasteiger partial charge in [0, 0.05) is 0 Å². The Kier molecular flexibility index (Phi) is 4.15. The Balaban J connectivity index is 2.56. The van der Waals surface area contributed by atoms with Gasteiger partial charge in [0.05, 0.1) is 6.10 Å². The fourth-order valence-electron chi connectivity index (χ4n) is 1.44. The first kappa shape index (κ1) is 11.3. The minimum Gasteiger partial charge on any atom is -0.393 e. The summed E-state index contributed by atoms with van der Waals surface area (Å²) in [6.45, 7) is 6.29. The maximum absolute atomic E-state index is 9.84. The molecule has 1 rings (SSSR count). The maximum Gasteiger partial charge on any atom is 0.0605 e. The molecule has 0 heterocycles. The molecule has 0 aliphatic heterocycles. The molecule has 1 aromatic rings. The summed E-state index contributed by atoms with van der Waals surface area (Å²) in [5.41, 5.74) is 2.50. The third-order valence-corrected chi connectivity index (χ3v) is 2.87. The standard InChI is InChI=1S/C13H20O/c1-4-11(3)13(14)9-12-7-5-10(2)6-8-12/h5-8,11,13-14H,4,9H2,1-3H3. The summed E-state index contributed by atoms with van der Waals surface area (Å²) >= 11 is 0. The van der Waals surface area contributed by atoms with E-state index < -0.39 is 0 Å². The first-order valence-electron chi connectivity index (χ1n) is 5.37. The first-order valence-corrected chi connectivity index (χ1v) is 5.37. The van der Waals surface area contributed by atoms with Crippen LogP contribution in [0.5, 0.6) is 0 Å². The van der Waals surface area contributed by atoms with Gasteiger partial charge in [-0.05, 0) is 24.8 Å². The second-order valence-corrected chi connectivity index (χ2v) is 4.14. The van der Waals surface area contributed by atoms with Gasteiger partial charge in [-0.25, -0.2) is 0 Å². The van der Waals surface area contributed by atoms with Gasteiger partial charge in [-0.15, -0.1) is 0 Å². The molecule has 78 valence electrons. The number of aryl methyl sites for hydroxylation is 1. The van der Waals surface area contributed by atoms with Crippen LogP contribution in [0.4, 0.5) is 0 Å². The predicted octanol–water partition coefficient (Wildman–Crippen LogP) is 2.94. The smallest absolute Gasteiger partial charge is 0.0605 e. The van der Waals surface area contributed by atoms with Crippen LogP contribution in [0.2, 0.25) is 0 Å². The van der Waals surface area contributed by atoms with E-state index in [1.165, 1.54) is 11.1 Å². The summed E-state index contributed by atoms with van der Waals surface area (Å²) in [6.07, 6.45) is 1.60. The zero-order valence-corrected chi connectivity index (χ0v) is 9.33. The lowest BCUT2D eigenvalue weighted by molar-refractivity contribution is 0.115. The normalized spacial score (nSPS) is 15.1. The summed E-state index contributed by atoms with van der Waals surface area (Å²) < 4.78 is 0. The lowest BCUT2D eigenvalue weighted by Crippen LogP contribution is -2.19. The van der Waals surface area contributed by atoms with Crippen molar-refractivity contribution in [2.75, 3.05) is 0 Å². The van der Waals surface area contributed by atoms with Crippen LogP contribution in [-0.4, -0.2) is 11.2 Å². The lowest BCUT2D eigenvalue weighted by atomic mass is 9.95. The summed E-state index contributed by atoms with van der Waals surface area (Å²) in [7, 11) is 0. The topological polar surface area (TPSA) is 20.2 Å². The van der Waals surface area contributed by atoms with Crippen LogP contribution in [0.25, 0.3) is 0 Å². The van der Waals surface area contributed by atoms with Gasteiger partial charge in [0.2, 0.25) is 0 Å². The van der Waals surface area contributed by atoms with Gasteiger partial charge in [-0.3, -0.25) is 0 Å². The molecular formula is C13H20O. The van der Waals surface area contributed by atoms with E-state index in [0.29, 0.717) is 5.92 Å². The highest BCUT2D eigenvalue weighted by atomic mass is 16.3. The van der Waals surface area contributed by atoms with E-state index in [-0.39, 0.29) is 6.10 Å². The quantitative estimate of drug-likeness (QED) is 0.777. The van der Waals surface area contributed by atoms with Crippen LogP contribution < -0.4 is 0 Å². The summed E-state index contributed by atoms with van der Waals surface area (Å²) in [4.78, 5) is 0. The molecule has 1 heteroatoms. The van der Waals surface area contributed by atoms with Gasteiger partial charge in [-0.1, -0.05) is 50.1 Å². The van der Waals surface area contributed by atoms with E-state index in [2.05, 4.69) is 45.0 Å². The lowest BCUT2D eigenvalue weighted by Gasteiger charge is -2.16. The van der Waals surface area contributed by atoms with Crippen LogP contribution in [-0.2, 0) is 6.42 Å². The van der Waals surface area contributed by atoms with Crippen LogP contribution in [0.3, 0.4) is 0 Å². The van der Waals surface area contributed by atoms with Crippen LogP contribution >= 0.6 is 0 Å². The third-order valence-electron chi connectivity index (χ3n) is 2.87. The molecule has 1 nitrogen and oxygen atoms in total. The average Bonchev–Trinajstić information content (AvgIpc) is 2.20. The summed E-state index contributed by atoms with van der Waals surface area (Å²) in [6, 6.07) is 8.39. The molecule has 1 N–H and O–H groups in total. The molecule has 0 fully saturated rings. The van der Waals surface area contributed by atoms with Crippen molar-refractivity contribution in [1.29, 1.82) is 0 Å². The number of rotatable bonds is 4. The zero-order chi connectivity index (χ0) is 10.6. The molecule has 0 aliphatic rings. The zero-order valence-electron chi connectivity index (χ0n) is 9.33. The first-order chi connectivity index (χ1) is 6.63. The summed E-state index contributed by atoms with van der Waals surface area (Å²) in [5.74, 6) is 0.385. The predicted molar refractivity (Wildman–Crippen MR) is 60.3 cm³/mol. The summed E-state index contributed by atoms with van der Waals surface area (Å²) in [5, 5.41) is 9.84. The second-order valence-electron chi connectivity index (χ2n) is 4.14. The van der Waals surface area contributed by atoms with Gasteiger partial charge in [0.15, 0.2) is 0 Å². The van der Waals surface area contributed by atoms with E-state index in [0.717, 1.165) is 12.8 Å². The molecule has 14 heavy (non-hydrogen) atoms. The molecule has 2 atom stereocenters. The minimum atomic E-state index is -0.206. The number of hydrogen-bond donors (Lipinski definition) is 1. The molecule has 0 aliphatic carbocycles. The van der Waals surface area contributed by atoms with Crippen molar-refractivity contribution in [2.24, 2.45) is 5.92 Å². The Labute approximate surface area is 86.8 Å². The van der Waals surface area contributed by atoms with Crippen LogP contribution in [0, 0.1) is 12.8 Å². The molecular weight excluding hydrogens is 172 g/mol. The second kappa shape index (κ2) is 5.16. The highest BCUT2D eigenvalue weighted by Crippen LogP contribution is 2.13. The molecule has 0 bridgehead atoms. The van der Waals surface area contributed by atoms with Crippen LogP contribution in [0.15, 0.2) is 24.3 Å². The van der Waals surface area contributed by atoms with Gasteiger partial charge >= 0.3 is 0 Å². The number of aliphatic hydroxyl groups is 1. The molecule has 0 saturated heterocycles. The van der Waals surface area contributed by atoms with Crippen molar-refractivity contribution in [3.05, 3.63) is 35.4 Å². The Morgan fingerprint density at radius 3 is 2.29 bits per heavy atom. The van der Waals surface area contributed by atoms with Gasteiger partial charge in [-0.2, -0.15) is 0 Å². The fourth-order valence-corrected chi connectivity index (χ4v) is 1.44. The monoisotopic (exact) mass is 192 g/mol. The maximum atomic E-state index is 9.84. The molecule has 0 saturated carbocycles. The molecule has 1 aromatic carbocycles. The van der Waals surface area contributed by atoms with Gasteiger partial charge < -0.3 is 5.11 Å². The van der Waals surface area contributed by atoms with Crippen molar-refractivity contribution < 1.29 is 5.11 Å². The highest BCUT2D eigenvalue weighted by molar-refractivity contribution is 5.21. The Morgan fingerprint density at radius 1 is 1.21 bits per heavy atom. The van der Waals surface area contributed by atoms with E-state index in [1.807, 2.05) is 0 Å². The van der Waals surface area contributed by atoms with E-state index >= 15 is 0 Å². The van der Waals surface area contributed by atoms with Crippen molar-refractivity contribution >= 4 is 0 Å². The van der Waals surface area contributed by atoms with E-state index in [1.54, 1.807) is 0 Å². The molecule has 0 radical (unpaired) electrons. The van der Waals surface area contributed by atoms with Crippen molar-refractivity contribution in [3.63, 3.8) is 0 Å². The SMILES string of the molecule is CCC(C)C(O)Cc1ccc(C)cc1. The van der Waals surface area contributed by atoms with Crippen molar-refractivity contribution in [3.8, 4) is 0 Å². The van der Waals surface area contributed by atoms with Gasteiger partial charge in [0.25, 0.3) is 0 Å². The van der Waals surface area contributed by atoms with Gasteiger partial charge in [0.1, 0.15) is 0 Å². The Hall–Kier alpha value is -0.820. The van der Waals surface area contributed by atoms with Crippen molar-refractivity contribution in [1.82, 2.24) is 0 Å². The third kappa shape index (κ3) is 3.15.